The first-order valence-electron chi connectivity index (χ1n) is 6.89. The maximum Gasteiger partial charge on any atom is 0.251 e. The van der Waals surface area contributed by atoms with Crippen LogP contribution in [0.4, 0.5) is 0 Å². The van der Waals surface area contributed by atoms with Gasteiger partial charge in [-0.05, 0) is 44.2 Å². The molecule has 1 aliphatic rings. The van der Waals surface area contributed by atoms with E-state index in [0.717, 1.165) is 25.0 Å². The standard InChI is InChI=1S/C15H21NO3/c17-14(15(18)9-4-5-10-15)16-11-6-12-19-13-7-2-1-3-8-13/h1-3,7-8,18H,4-6,9-12H2,(H,16,17). The average Bonchev–Trinajstić information content (AvgIpc) is 2.88. The van der Waals surface area contributed by atoms with E-state index in [2.05, 4.69) is 5.32 Å². The van der Waals surface area contributed by atoms with Crippen molar-refractivity contribution in [2.45, 2.75) is 37.7 Å². The minimum atomic E-state index is -1.12. The molecule has 2 N–H and O–H groups in total. The molecule has 1 aliphatic carbocycles. The van der Waals surface area contributed by atoms with Crippen molar-refractivity contribution in [2.24, 2.45) is 0 Å². The molecule has 4 heteroatoms. The van der Waals surface area contributed by atoms with E-state index in [-0.39, 0.29) is 5.91 Å². The van der Waals surface area contributed by atoms with Crippen molar-refractivity contribution in [3.8, 4) is 5.75 Å². The largest absolute Gasteiger partial charge is 0.494 e. The Balaban J connectivity index is 1.60. The molecule has 0 atom stereocenters. The summed E-state index contributed by atoms with van der Waals surface area (Å²) in [5, 5.41) is 12.8. The van der Waals surface area contributed by atoms with Gasteiger partial charge in [0.1, 0.15) is 11.4 Å². The van der Waals surface area contributed by atoms with Crippen molar-refractivity contribution < 1.29 is 14.6 Å². The van der Waals surface area contributed by atoms with E-state index >= 15 is 0 Å². The Hall–Kier alpha value is -1.55. The fourth-order valence-corrected chi connectivity index (χ4v) is 2.33. The molecule has 1 aromatic rings. The van der Waals surface area contributed by atoms with Gasteiger partial charge in [0.25, 0.3) is 5.91 Å². The minimum Gasteiger partial charge on any atom is -0.494 e. The van der Waals surface area contributed by atoms with Crippen LogP contribution in [0.1, 0.15) is 32.1 Å². The fraction of sp³-hybridized carbons (Fsp3) is 0.533. The zero-order chi connectivity index (χ0) is 13.6. The predicted octanol–water partition coefficient (Wildman–Crippen LogP) is 1.88. The number of hydrogen-bond acceptors (Lipinski definition) is 3. The van der Waals surface area contributed by atoms with Gasteiger partial charge in [0.2, 0.25) is 0 Å². The normalized spacial score (nSPS) is 17.1. The SMILES string of the molecule is O=C(NCCCOc1ccccc1)C1(O)CCCC1. The Labute approximate surface area is 113 Å². The minimum absolute atomic E-state index is 0.232. The van der Waals surface area contributed by atoms with Crippen LogP contribution in [0, 0.1) is 0 Å². The molecule has 4 nitrogen and oxygen atoms in total. The van der Waals surface area contributed by atoms with E-state index in [1.807, 2.05) is 30.3 Å². The van der Waals surface area contributed by atoms with Gasteiger partial charge in [-0.25, -0.2) is 0 Å². The summed E-state index contributed by atoms with van der Waals surface area (Å²) < 4.78 is 5.52. The summed E-state index contributed by atoms with van der Waals surface area (Å²) in [4.78, 5) is 11.8. The predicted molar refractivity (Wildman–Crippen MR) is 73.0 cm³/mol. The molecule has 0 bridgehead atoms. The lowest BCUT2D eigenvalue weighted by Crippen LogP contribution is -2.45. The van der Waals surface area contributed by atoms with Crippen LogP contribution in [-0.2, 0) is 4.79 Å². The van der Waals surface area contributed by atoms with Crippen LogP contribution in [0.25, 0.3) is 0 Å². The second kappa shape index (κ2) is 6.57. The van der Waals surface area contributed by atoms with Crippen LogP contribution in [0.5, 0.6) is 5.75 Å². The zero-order valence-corrected chi connectivity index (χ0v) is 11.1. The Morgan fingerprint density at radius 2 is 1.95 bits per heavy atom. The maximum absolute atomic E-state index is 11.8. The van der Waals surface area contributed by atoms with Gasteiger partial charge in [-0.3, -0.25) is 4.79 Å². The highest BCUT2D eigenvalue weighted by atomic mass is 16.5. The summed E-state index contributed by atoms with van der Waals surface area (Å²) in [7, 11) is 0. The van der Waals surface area contributed by atoms with Crippen molar-refractivity contribution in [3.05, 3.63) is 30.3 Å². The van der Waals surface area contributed by atoms with E-state index in [1.54, 1.807) is 0 Å². The number of nitrogens with one attached hydrogen (secondary N) is 1. The van der Waals surface area contributed by atoms with Crippen LogP contribution < -0.4 is 10.1 Å². The molecule has 0 aromatic heterocycles. The highest BCUT2D eigenvalue weighted by Gasteiger charge is 2.38. The summed E-state index contributed by atoms with van der Waals surface area (Å²) in [5.74, 6) is 0.605. The number of amides is 1. The van der Waals surface area contributed by atoms with E-state index < -0.39 is 5.60 Å². The lowest BCUT2D eigenvalue weighted by molar-refractivity contribution is -0.139. The van der Waals surface area contributed by atoms with Crippen LogP contribution in [0.2, 0.25) is 0 Å². The molecule has 1 saturated carbocycles. The second-order valence-electron chi connectivity index (χ2n) is 5.01. The second-order valence-corrected chi connectivity index (χ2v) is 5.01. The summed E-state index contributed by atoms with van der Waals surface area (Å²) >= 11 is 0. The Morgan fingerprint density at radius 1 is 1.26 bits per heavy atom. The zero-order valence-electron chi connectivity index (χ0n) is 11.1. The van der Waals surface area contributed by atoms with E-state index in [0.29, 0.717) is 26.0 Å². The van der Waals surface area contributed by atoms with Crippen molar-refractivity contribution in [1.29, 1.82) is 0 Å². The van der Waals surface area contributed by atoms with Gasteiger partial charge in [0.15, 0.2) is 0 Å². The first kappa shape index (κ1) is 13.9. The van der Waals surface area contributed by atoms with Crippen LogP contribution >= 0.6 is 0 Å². The third-order valence-corrected chi connectivity index (χ3v) is 3.47. The van der Waals surface area contributed by atoms with Crippen molar-refractivity contribution in [3.63, 3.8) is 0 Å². The Bertz CT molecular complexity index is 399. The van der Waals surface area contributed by atoms with Crippen molar-refractivity contribution in [2.75, 3.05) is 13.2 Å². The highest BCUT2D eigenvalue weighted by Crippen LogP contribution is 2.29. The summed E-state index contributed by atoms with van der Waals surface area (Å²) in [6, 6.07) is 9.59. The van der Waals surface area contributed by atoms with E-state index in [4.69, 9.17) is 4.74 Å². The highest BCUT2D eigenvalue weighted by molar-refractivity contribution is 5.85. The van der Waals surface area contributed by atoms with Gasteiger partial charge in [-0.15, -0.1) is 0 Å². The van der Waals surface area contributed by atoms with Crippen molar-refractivity contribution >= 4 is 5.91 Å². The third-order valence-electron chi connectivity index (χ3n) is 3.47. The first-order chi connectivity index (χ1) is 9.21. The van der Waals surface area contributed by atoms with Crippen LogP contribution in [0.3, 0.4) is 0 Å². The molecule has 2 rings (SSSR count). The topological polar surface area (TPSA) is 58.6 Å². The van der Waals surface area contributed by atoms with Gasteiger partial charge in [-0.1, -0.05) is 18.2 Å². The summed E-state index contributed by atoms with van der Waals surface area (Å²) in [6.07, 6.45) is 3.76. The fourth-order valence-electron chi connectivity index (χ4n) is 2.33. The molecule has 0 unspecified atom stereocenters. The van der Waals surface area contributed by atoms with E-state index in [9.17, 15) is 9.90 Å². The Kier molecular flexibility index (Phi) is 4.80. The van der Waals surface area contributed by atoms with Crippen LogP contribution in [-0.4, -0.2) is 29.8 Å². The first-order valence-corrected chi connectivity index (χ1v) is 6.89. The maximum atomic E-state index is 11.8. The number of ether oxygens (including phenoxy) is 1. The molecule has 104 valence electrons. The number of carbonyl (C=O) groups is 1. The third kappa shape index (κ3) is 3.96. The molecule has 0 saturated heterocycles. The van der Waals surface area contributed by atoms with Crippen molar-refractivity contribution in [1.82, 2.24) is 5.32 Å². The van der Waals surface area contributed by atoms with Gasteiger partial charge in [0.05, 0.1) is 6.61 Å². The molecular formula is C15H21NO3. The molecule has 1 aromatic carbocycles. The molecule has 19 heavy (non-hydrogen) atoms. The monoisotopic (exact) mass is 263 g/mol. The summed E-state index contributed by atoms with van der Waals surface area (Å²) in [6.45, 7) is 1.09. The lowest BCUT2D eigenvalue weighted by atomic mass is 10.0. The number of para-hydroxylation sites is 1. The number of aliphatic hydroxyl groups is 1. The number of benzene rings is 1. The van der Waals surface area contributed by atoms with Crippen LogP contribution in [0.15, 0.2) is 30.3 Å². The number of rotatable bonds is 6. The molecule has 0 heterocycles. The molecule has 1 amide bonds. The van der Waals surface area contributed by atoms with Gasteiger partial charge in [-0.2, -0.15) is 0 Å². The van der Waals surface area contributed by atoms with Gasteiger partial charge in [0, 0.05) is 6.54 Å². The smallest absolute Gasteiger partial charge is 0.251 e. The molecule has 1 fully saturated rings. The van der Waals surface area contributed by atoms with E-state index in [1.165, 1.54) is 0 Å². The summed E-state index contributed by atoms with van der Waals surface area (Å²) in [5.41, 5.74) is -1.12. The lowest BCUT2D eigenvalue weighted by Gasteiger charge is -2.20. The molecule has 0 radical (unpaired) electrons. The van der Waals surface area contributed by atoms with Gasteiger partial charge >= 0.3 is 0 Å². The molecular weight excluding hydrogens is 242 g/mol. The molecule has 0 spiro atoms. The number of hydrogen-bond donors (Lipinski definition) is 2. The molecule has 0 aliphatic heterocycles. The average molecular weight is 263 g/mol. The van der Waals surface area contributed by atoms with Gasteiger partial charge < -0.3 is 15.2 Å². The Morgan fingerprint density at radius 3 is 2.63 bits per heavy atom. The number of carbonyl (C=O) groups excluding carboxylic acids is 1. The quantitative estimate of drug-likeness (QED) is 0.770.